The molecule has 0 aliphatic rings. The van der Waals surface area contributed by atoms with Crippen molar-refractivity contribution in [2.75, 3.05) is 7.11 Å². The number of rotatable bonds is 2. The topological polar surface area (TPSA) is 65.2 Å². The Labute approximate surface area is 74.4 Å². The van der Waals surface area contributed by atoms with Crippen LogP contribution in [0.4, 0.5) is 0 Å². The van der Waals surface area contributed by atoms with E-state index in [-0.39, 0.29) is 0 Å². The first-order valence-corrected chi connectivity index (χ1v) is 4.24. The van der Waals surface area contributed by atoms with Gasteiger partial charge in [0.15, 0.2) is 5.54 Å². The highest BCUT2D eigenvalue weighted by Crippen LogP contribution is 2.20. The minimum absolute atomic E-state index is 0.475. The zero-order valence-electron chi connectivity index (χ0n) is 6.90. The Kier molecular flexibility index (Phi) is 2.44. The van der Waals surface area contributed by atoms with Gasteiger partial charge in [0, 0.05) is 11.6 Å². The lowest BCUT2D eigenvalue weighted by atomic mass is 10.1. The molecule has 1 aromatic heterocycles. The van der Waals surface area contributed by atoms with Crippen LogP contribution in [0.25, 0.3) is 0 Å². The predicted octanol–water partition coefficient (Wildman–Crippen LogP) is 0.490. The molecule has 1 aromatic rings. The van der Waals surface area contributed by atoms with Crippen molar-refractivity contribution in [1.82, 2.24) is 4.98 Å². The van der Waals surface area contributed by atoms with Crippen LogP contribution in [-0.2, 0) is 15.1 Å². The molecule has 12 heavy (non-hydrogen) atoms. The van der Waals surface area contributed by atoms with Gasteiger partial charge in [-0.25, -0.2) is 9.78 Å². The van der Waals surface area contributed by atoms with Crippen LogP contribution in [0.1, 0.15) is 11.9 Å². The Balaban J connectivity index is 2.93. The molecule has 0 fully saturated rings. The van der Waals surface area contributed by atoms with Crippen molar-refractivity contribution in [2.45, 2.75) is 12.5 Å². The number of esters is 1. The van der Waals surface area contributed by atoms with E-state index in [2.05, 4.69) is 9.72 Å². The van der Waals surface area contributed by atoms with Gasteiger partial charge in [0.1, 0.15) is 5.01 Å². The second-order valence-corrected chi connectivity index (χ2v) is 3.43. The number of methoxy groups -OCH3 is 1. The standard InChI is InChI=1S/C7H10N2O2S/c1-7(8,6(10)11-2)5-9-3-4-12-5/h3-4H,8H2,1-2H3. The molecule has 0 bridgehead atoms. The molecule has 66 valence electrons. The predicted molar refractivity (Wildman–Crippen MR) is 45.7 cm³/mol. The zero-order chi connectivity index (χ0) is 9.19. The molecular formula is C7H10N2O2S. The lowest BCUT2D eigenvalue weighted by Gasteiger charge is -2.17. The molecular weight excluding hydrogens is 176 g/mol. The number of carbonyl (C=O) groups excluding carboxylic acids is 1. The summed E-state index contributed by atoms with van der Waals surface area (Å²) in [5.74, 6) is -0.475. The van der Waals surface area contributed by atoms with Gasteiger partial charge in [-0.3, -0.25) is 0 Å². The van der Waals surface area contributed by atoms with E-state index >= 15 is 0 Å². The molecule has 0 radical (unpaired) electrons. The number of hydrogen-bond acceptors (Lipinski definition) is 5. The van der Waals surface area contributed by atoms with E-state index in [9.17, 15) is 4.79 Å². The molecule has 4 nitrogen and oxygen atoms in total. The number of aromatic nitrogens is 1. The fourth-order valence-electron chi connectivity index (χ4n) is 0.779. The highest BCUT2D eigenvalue weighted by Gasteiger charge is 2.34. The van der Waals surface area contributed by atoms with Crippen molar-refractivity contribution < 1.29 is 9.53 Å². The van der Waals surface area contributed by atoms with Crippen LogP contribution < -0.4 is 5.73 Å². The van der Waals surface area contributed by atoms with Crippen molar-refractivity contribution in [1.29, 1.82) is 0 Å². The molecule has 2 N–H and O–H groups in total. The first-order chi connectivity index (χ1) is 5.59. The minimum atomic E-state index is -1.12. The Morgan fingerprint density at radius 2 is 2.50 bits per heavy atom. The van der Waals surface area contributed by atoms with Crippen LogP contribution in [-0.4, -0.2) is 18.1 Å². The maximum atomic E-state index is 11.2. The van der Waals surface area contributed by atoms with Crippen LogP contribution in [0, 0.1) is 0 Å². The highest BCUT2D eigenvalue weighted by molar-refractivity contribution is 7.09. The molecule has 5 heteroatoms. The molecule has 0 saturated heterocycles. The molecule has 1 heterocycles. The van der Waals surface area contributed by atoms with Crippen LogP contribution in [0.5, 0.6) is 0 Å². The number of thiazole rings is 1. The van der Waals surface area contributed by atoms with Crippen LogP contribution in [0.2, 0.25) is 0 Å². The van der Waals surface area contributed by atoms with Gasteiger partial charge in [0.25, 0.3) is 0 Å². The summed E-state index contributed by atoms with van der Waals surface area (Å²) in [7, 11) is 1.31. The Morgan fingerprint density at radius 3 is 2.92 bits per heavy atom. The normalized spacial score (nSPS) is 15.2. The summed E-state index contributed by atoms with van der Waals surface area (Å²) in [6.07, 6.45) is 1.61. The number of nitrogens with two attached hydrogens (primary N) is 1. The summed E-state index contributed by atoms with van der Waals surface area (Å²) in [4.78, 5) is 15.1. The lowest BCUT2D eigenvalue weighted by Crippen LogP contribution is -2.42. The SMILES string of the molecule is COC(=O)C(C)(N)c1nccs1. The zero-order valence-corrected chi connectivity index (χ0v) is 7.72. The summed E-state index contributed by atoms with van der Waals surface area (Å²) in [5, 5.41) is 2.33. The van der Waals surface area contributed by atoms with Crippen molar-refractivity contribution >= 4 is 17.3 Å². The van der Waals surface area contributed by atoms with Gasteiger partial charge < -0.3 is 10.5 Å². The third-order valence-corrected chi connectivity index (χ3v) is 2.50. The Hall–Kier alpha value is -0.940. The molecule has 0 saturated carbocycles. The van der Waals surface area contributed by atoms with E-state index in [1.54, 1.807) is 18.5 Å². The average Bonchev–Trinajstić information content (AvgIpc) is 2.55. The quantitative estimate of drug-likeness (QED) is 0.683. The third-order valence-electron chi connectivity index (χ3n) is 1.49. The first-order valence-electron chi connectivity index (χ1n) is 3.36. The van der Waals surface area contributed by atoms with Crippen LogP contribution in [0.3, 0.4) is 0 Å². The Morgan fingerprint density at radius 1 is 1.83 bits per heavy atom. The van der Waals surface area contributed by atoms with E-state index in [4.69, 9.17) is 5.73 Å². The largest absolute Gasteiger partial charge is 0.467 e. The van der Waals surface area contributed by atoms with Gasteiger partial charge >= 0.3 is 5.97 Å². The van der Waals surface area contributed by atoms with Crippen molar-refractivity contribution in [2.24, 2.45) is 5.73 Å². The fourth-order valence-corrected chi connectivity index (χ4v) is 1.48. The monoisotopic (exact) mass is 186 g/mol. The van der Waals surface area contributed by atoms with Gasteiger partial charge in [0.2, 0.25) is 0 Å². The molecule has 0 aliphatic carbocycles. The molecule has 1 unspecified atom stereocenters. The van der Waals surface area contributed by atoms with E-state index in [1.165, 1.54) is 18.4 Å². The maximum absolute atomic E-state index is 11.2. The number of ether oxygens (including phenoxy) is 1. The highest BCUT2D eigenvalue weighted by atomic mass is 32.1. The van der Waals surface area contributed by atoms with Crippen molar-refractivity contribution in [3.63, 3.8) is 0 Å². The smallest absolute Gasteiger partial charge is 0.332 e. The second-order valence-electron chi connectivity index (χ2n) is 2.53. The fraction of sp³-hybridized carbons (Fsp3) is 0.429. The summed E-state index contributed by atoms with van der Waals surface area (Å²) in [6.45, 7) is 1.58. The van der Waals surface area contributed by atoms with E-state index in [1.807, 2.05) is 0 Å². The summed E-state index contributed by atoms with van der Waals surface area (Å²) >= 11 is 1.34. The first kappa shape index (κ1) is 9.15. The summed E-state index contributed by atoms with van der Waals surface area (Å²) in [5.41, 5.74) is 4.59. The van der Waals surface area contributed by atoms with Gasteiger partial charge in [0.05, 0.1) is 7.11 Å². The summed E-state index contributed by atoms with van der Waals surface area (Å²) in [6, 6.07) is 0. The number of nitrogens with zero attached hydrogens (tertiary/aromatic N) is 1. The van der Waals surface area contributed by atoms with E-state index < -0.39 is 11.5 Å². The average molecular weight is 186 g/mol. The summed E-state index contributed by atoms with van der Waals surface area (Å²) < 4.78 is 4.54. The van der Waals surface area contributed by atoms with Crippen molar-refractivity contribution in [3.05, 3.63) is 16.6 Å². The minimum Gasteiger partial charge on any atom is -0.467 e. The van der Waals surface area contributed by atoms with E-state index in [0.29, 0.717) is 5.01 Å². The van der Waals surface area contributed by atoms with Gasteiger partial charge in [-0.2, -0.15) is 0 Å². The molecule has 0 amide bonds. The molecule has 0 aliphatic heterocycles. The Bertz CT molecular complexity index is 269. The molecule has 0 aromatic carbocycles. The van der Waals surface area contributed by atoms with Gasteiger partial charge in [-0.05, 0) is 6.92 Å². The lowest BCUT2D eigenvalue weighted by molar-refractivity contribution is -0.146. The van der Waals surface area contributed by atoms with Gasteiger partial charge in [-0.1, -0.05) is 0 Å². The molecule has 0 spiro atoms. The van der Waals surface area contributed by atoms with Gasteiger partial charge in [-0.15, -0.1) is 11.3 Å². The van der Waals surface area contributed by atoms with Crippen molar-refractivity contribution in [3.8, 4) is 0 Å². The number of hydrogen-bond donors (Lipinski definition) is 1. The second kappa shape index (κ2) is 3.20. The van der Waals surface area contributed by atoms with E-state index in [0.717, 1.165) is 0 Å². The molecule has 1 atom stereocenters. The number of carbonyl (C=O) groups is 1. The maximum Gasteiger partial charge on any atom is 0.332 e. The van der Waals surface area contributed by atoms with Crippen LogP contribution in [0.15, 0.2) is 11.6 Å². The third kappa shape index (κ3) is 1.46. The van der Waals surface area contributed by atoms with Crippen LogP contribution >= 0.6 is 11.3 Å². The molecule has 1 rings (SSSR count).